The van der Waals surface area contributed by atoms with Crippen LogP contribution in [0.15, 0.2) is 67.0 Å². The van der Waals surface area contributed by atoms with Crippen molar-refractivity contribution in [3.8, 4) is 0 Å². The third kappa shape index (κ3) is 4.14. The topological polar surface area (TPSA) is 65.6 Å². The number of fused-ring (bicyclic) bond motifs is 1. The largest absolute Gasteiger partial charge is 0.370 e. The Hall–Kier alpha value is -3.34. The average molecular weight is 371 g/mol. The van der Waals surface area contributed by atoms with Crippen LogP contribution in [-0.2, 0) is 6.42 Å². The van der Waals surface area contributed by atoms with Gasteiger partial charge in [-0.25, -0.2) is 4.98 Å². The minimum absolute atomic E-state index is 0.523. The molecule has 5 heteroatoms. The first-order chi connectivity index (χ1) is 13.7. The van der Waals surface area contributed by atoms with E-state index in [1.165, 1.54) is 22.0 Å². The molecule has 0 bridgehead atoms. The molecule has 0 saturated carbocycles. The van der Waals surface area contributed by atoms with E-state index in [1.54, 1.807) is 6.20 Å². The third-order valence-electron chi connectivity index (χ3n) is 4.86. The Morgan fingerprint density at radius 2 is 1.82 bits per heavy atom. The summed E-state index contributed by atoms with van der Waals surface area (Å²) in [6.45, 7) is 5.19. The fraction of sp³-hybridized carbons (Fsp3) is 0.217. The number of para-hydroxylation sites is 1. The second-order valence-corrected chi connectivity index (χ2v) is 7.20. The number of nitrogens with zero attached hydrogens (tertiary/aromatic N) is 2. The Balaban J connectivity index is 1.37. The zero-order valence-corrected chi connectivity index (χ0v) is 16.2. The van der Waals surface area contributed by atoms with Gasteiger partial charge in [0.05, 0.1) is 0 Å². The molecule has 3 N–H and O–H groups in total. The van der Waals surface area contributed by atoms with Gasteiger partial charge in [-0.1, -0.05) is 44.2 Å². The van der Waals surface area contributed by atoms with Gasteiger partial charge < -0.3 is 15.6 Å². The molecule has 2 aromatic carbocycles. The van der Waals surface area contributed by atoms with Crippen molar-refractivity contribution in [2.24, 2.45) is 0 Å². The molecule has 0 aliphatic carbocycles. The second-order valence-electron chi connectivity index (χ2n) is 7.20. The zero-order valence-electron chi connectivity index (χ0n) is 16.2. The highest BCUT2D eigenvalue weighted by molar-refractivity contribution is 5.83. The van der Waals surface area contributed by atoms with Gasteiger partial charge in [0.15, 0.2) is 0 Å². The van der Waals surface area contributed by atoms with E-state index < -0.39 is 0 Å². The summed E-state index contributed by atoms with van der Waals surface area (Å²) in [4.78, 5) is 12.2. The van der Waals surface area contributed by atoms with Crippen LogP contribution in [0.4, 0.5) is 17.5 Å². The molecule has 0 amide bonds. The predicted molar refractivity (Wildman–Crippen MR) is 116 cm³/mol. The zero-order chi connectivity index (χ0) is 19.3. The van der Waals surface area contributed by atoms with E-state index in [4.69, 9.17) is 0 Å². The van der Waals surface area contributed by atoms with E-state index in [9.17, 15) is 0 Å². The molecule has 0 radical (unpaired) electrons. The van der Waals surface area contributed by atoms with Crippen LogP contribution in [-0.4, -0.2) is 21.5 Å². The Morgan fingerprint density at radius 3 is 2.64 bits per heavy atom. The lowest BCUT2D eigenvalue weighted by Crippen LogP contribution is -2.07. The van der Waals surface area contributed by atoms with Crippen LogP contribution in [0.2, 0.25) is 0 Å². The molecule has 0 spiro atoms. The number of hydrogen-bond acceptors (Lipinski definition) is 4. The monoisotopic (exact) mass is 371 g/mol. The average Bonchev–Trinajstić information content (AvgIpc) is 3.12. The highest BCUT2D eigenvalue weighted by Gasteiger charge is 2.04. The summed E-state index contributed by atoms with van der Waals surface area (Å²) in [6.07, 6.45) is 4.78. The summed E-state index contributed by atoms with van der Waals surface area (Å²) in [5.41, 5.74) is 4.79. The van der Waals surface area contributed by atoms with Crippen molar-refractivity contribution < 1.29 is 0 Å². The van der Waals surface area contributed by atoms with E-state index in [2.05, 4.69) is 88.1 Å². The molecule has 2 heterocycles. The number of aromatic nitrogens is 3. The highest BCUT2D eigenvalue weighted by atomic mass is 15.1. The summed E-state index contributed by atoms with van der Waals surface area (Å²) in [5.74, 6) is 1.93. The number of rotatable bonds is 7. The molecule has 4 rings (SSSR count). The van der Waals surface area contributed by atoms with E-state index >= 15 is 0 Å². The van der Waals surface area contributed by atoms with Crippen LogP contribution in [0.25, 0.3) is 10.9 Å². The number of nitrogens with one attached hydrogen (secondary N) is 3. The number of hydrogen-bond donors (Lipinski definition) is 3. The first-order valence-corrected chi connectivity index (χ1v) is 9.68. The maximum Gasteiger partial charge on any atom is 0.229 e. The van der Waals surface area contributed by atoms with Gasteiger partial charge in [-0.2, -0.15) is 4.98 Å². The van der Waals surface area contributed by atoms with Crippen LogP contribution < -0.4 is 10.6 Å². The van der Waals surface area contributed by atoms with Crippen molar-refractivity contribution in [3.05, 3.63) is 78.1 Å². The first kappa shape index (κ1) is 18.0. The molecule has 4 aromatic rings. The van der Waals surface area contributed by atoms with E-state index in [-0.39, 0.29) is 0 Å². The quantitative estimate of drug-likeness (QED) is 0.402. The van der Waals surface area contributed by atoms with Crippen molar-refractivity contribution >= 4 is 28.4 Å². The fourth-order valence-electron chi connectivity index (χ4n) is 3.26. The lowest BCUT2D eigenvalue weighted by molar-refractivity contribution is 0.867. The molecule has 142 valence electrons. The van der Waals surface area contributed by atoms with Crippen molar-refractivity contribution in [3.63, 3.8) is 0 Å². The number of aromatic amines is 1. The standard InChI is InChI=1S/C23H25N5/c1-16(2)17-7-9-19(10-8-17)27-23-25-14-12-22(28-23)24-13-11-18-15-26-21-6-4-3-5-20(18)21/h3-10,12,14-16,26H,11,13H2,1-2H3,(H2,24,25,27,28). The molecule has 0 unspecified atom stereocenters. The third-order valence-corrected chi connectivity index (χ3v) is 4.86. The van der Waals surface area contributed by atoms with Gasteiger partial charge in [0.2, 0.25) is 5.95 Å². The van der Waals surface area contributed by atoms with Crippen LogP contribution in [0.5, 0.6) is 0 Å². The Bertz CT molecular complexity index is 1050. The van der Waals surface area contributed by atoms with Crippen molar-refractivity contribution in [1.82, 2.24) is 15.0 Å². The predicted octanol–water partition coefficient (Wildman–Crippen LogP) is 5.48. The molecular formula is C23H25N5. The SMILES string of the molecule is CC(C)c1ccc(Nc2nccc(NCCc3c[nH]c4ccccc34)n2)cc1. The molecule has 5 nitrogen and oxygen atoms in total. The Labute approximate surface area is 165 Å². The van der Waals surface area contributed by atoms with Gasteiger partial charge in [-0.05, 0) is 47.7 Å². The maximum absolute atomic E-state index is 4.57. The van der Waals surface area contributed by atoms with Gasteiger partial charge in [-0.3, -0.25) is 0 Å². The fourth-order valence-corrected chi connectivity index (χ4v) is 3.26. The maximum atomic E-state index is 4.57. The molecule has 0 aliphatic heterocycles. The summed E-state index contributed by atoms with van der Waals surface area (Å²) in [5, 5.41) is 7.94. The molecule has 28 heavy (non-hydrogen) atoms. The van der Waals surface area contributed by atoms with Crippen LogP contribution in [0.3, 0.4) is 0 Å². The highest BCUT2D eigenvalue weighted by Crippen LogP contribution is 2.20. The van der Waals surface area contributed by atoms with Gasteiger partial charge >= 0.3 is 0 Å². The molecule has 0 saturated heterocycles. The lowest BCUT2D eigenvalue weighted by Gasteiger charge is -2.10. The van der Waals surface area contributed by atoms with Crippen LogP contribution in [0, 0.1) is 0 Å². The van der Waals surface area contributed by atoms with E-state index in [0.717, 1.165) is 24.5 Å². The Kier molecular flexibility index (Phi) is 5.24. The number of benzene rings is 2. The smallest absolute Gasteiger partial charge is 0.229 e. The van der Waals surface area contributed by atoms with Crippen molar-refractivity contribution in [1.29, 1.82) is 0 Å². The van der Waals surface area contributed by atoms with E-state index in [0.29, 0.717) is 11.9 Å². The molecule has 0 atom stereocenters. The Morgan fingerprint density at radius 1 is 1.00 bits per heavy atom. The van der Waals surface area contributed by atoms with Crippen LogP contribution in [0.1, 0.15) is 30.9 Å². The molecule has 0 fully saturated rings. The summed E-state index contributed by atoms with van der Waals surface area (Å²) in [7, 11) is 0. The lowest BCUT2D eigenvalue weighted by atomic mass is 10.0. The van der Waals surface area contributed by atoms with Gasteiger partial charge in [0.1, 0.15) is 5.82 Å². The summed E-state index contributed by atoms with van der Waals surface area (Å²) < 4.78 is 0. The van der Waals surface area contributed by atoms with Gasteiger partial charge in [-0.15, -0.1) is 0 Å². The molecule has 2 aromatic heterocycles. The van der Waals surface area contributed by atoms with Gasteiger partial charge in [0.25, 0.3) is 0 Å². The normalized spacial score (nSPS) is 11.1. The van der Waals surface area contributed by atoms with Crippen molar-refractivity contribution in [2.75, 3.05) is 17.2 Å². The number of anilines is 3. The van der Waals surface area contributed by atoms with Gasteiger partial charge in [0, 0.05) is 35.5 Å². The number of H-pyrrole nitrogens is 1. The minimum Gasteiger partial charge on any atom is -0.370 e. The molecule has 0 aliphatic rings. The second kappa shape index (κ2) is 8.13. The first-order valence-electron chi connectivity index (χ1n) is 9.68. The van der Waals surface area contributed by atoms with Crippen LogP contribution >= 0.6 is 0 Å². The molecular weight excluding hydrogens is 346 g/mol. The minimum atomic E-state index is 0.523. The summed E-state index contributed by atoms with van der Waals surface area (Å²) in [6, 6.07) is 18.7. The van der Waals surface area contributed by atoms with Crippen molar-refractivity contribution in [2.45, 2.75) is 26.2 Å². The summed E-state index contributed by atoms with van der Waals surface area (Å²) >= 11 is 0. The van der Waals surface area contributed by atoms with E-state index in [1.807, 2.05) is 12.1 Å².